The third-order valence-electron chi connectivity index (χ3n) is 1.14. The van der Waals surface area contributed by atoms with Crippen LogP contribution in [0.2, 0.25) is 0 Å². The Hall–Kier alpha value is -0.620. The fourth-order valence-corrected chi connectivity index (χ4v) is 1.32. The zero-order valence-corrected chi connectivity index (χ0v) is 7.73. The Kier molecular flexibility index (Phi) is 4.84. The van der Waals surface area contributed by atoms with Crippen LogP contribution in [-0.2, 0) is 14.6 Å². The summed E-state index contributed by atoms with van der Waals surface area (Å²) in [6.07, 6.45) is 1.61. The average molecular weight is 195 g/mol. The predicted molar refractivity (Wildman–Crippen MR) is 44.8 cm³/mol. The lowest BCUT2D eigenvalue weighted by molar-refractivity contribution is -0.135. The molecule has 6 heteroatoms. The number of carbonyl (C=O) groups is 1. The molecule has 0 aromatic heterocycles. The van der Waals surface area contributed by atoms with Crippen LogP contribution in [0.4, 0.5) is 0 Å². The van der Waals surface area contributed by atoms with Gasteiger partial charge in [0.2, 0.25) is 0 Å². The molecular formula is C6H13NO4S. The van der Waals surface area contributed by atoms with Crippen molar-refractivity contribution in [3.05, 3.63) is 0 Å². The van der Waals surface area contributed by atoms with E-state index in [1.165, 1.54) is 0 Å². The maximum absolute atomic E-state index is 10.6. The van der Waals surface area contributed by atoms with Crippen LogP contribution in [0.3, 0.4) is 0 Å². The zero-order chi connectivity index (χ0) is 9.61. The minimum atomic E-state index is -2.91. The molecule has 12 heavy (non-hydrogen) atoms. The third kappa shape index (κ3) is 9.38. The molecule has 0 aliphatic heterocycles. The number of carboxylic acids is 1. The van der Waals surface area contributed by atoms with E-state index in [9.17, 15) is 13.2 Å². The Balaban J connectivity index is 3.29. The molecule has 72 valence electrons. The molecule has 0 spiro atoms. The Bertz CT molecular complexity index is 234. The first-order chi connectivity index (χ1) is 5.42. The van der Waals surface area contributed by atoms with Gasteiger partial charge in [0.1, 0.15) is 9.84 Å². The summed E-state index contributed by atoms with van der Waals surface area (Å²) in [5, 5.41) is 10.8. The molecule has 0 aliphatic carbocycles. The van der Waals surface area contributed by atoms with E-state index in [1.54, 1.807) is 0 Å². The normalized spacial score (nSPS) is 11.4. The van der Waals surface area contributed by atoms with E-state index in [4.69, 9.17) is 5.11 Å². The van der Waals surface area contributed by atoms with Crippen LogP contribution in [0.1, 0.15) is 6.42 Å². The molecule has 0 atom stereocenters. The van der Waals surface area contributed by atoms with Gasteiger partial charge in [-0.05, 0) is 13.0 Å². The summed E-state index contributed by atoms with van der Waals surface area (Å²) < 4.78 is 21.2. The van der Waals surface area contributed by atoms with Crippen molar-refractivity contribution in [3.63, 3.8) is 0 Å². The molecule has 0 fully saturated rings. The van der Waals surface area contributed by atoms with E-state index in [2.05, 4.69) is 5.32 Å². The highest BCUT2D eigenvalue weighted by Crippen LogP contribution is 1.86. The van der Waals surface area contributed by atoms with Crippen molar-refractivity contribution in [1.29, 1.82) is 0 Å². The summed E-state index contributed by atoms with van der Waals surface area (Å²) in [4.78, 5) is 9.98. The highest BCUT2D eigenvalue weighted by atomic mass is 32.2. The monoisotopic (exact) mass is 195 g/mol. The quantitative estimate of drug-likeness (QED) is 0.536. The Labute approximate surface area is 71.7 Å². The van der Waals surface area contributed by atoms with Gasteiger partial charge in [-0.1, -0.05) is 0 Å². The summed E-state index contributed by atoms with van der Waals surface area (Å²) in [6.45, 7) is 0.295. The van der Waals surface area contributed by atoms with Crippen LogP contribution in [-0.4, -0.2) is 44.6 Å². The number of hydrogen-bond acceptors (Lipinski definition) is 4. The van der Waals surface area contributed by atoms with Crippen molar-refractivity contribution in [2.24, 2.45) is 0 Å². The lowest BCUT2D eigenvalue weighted by atomic mass is 10.5. The van der Waals surface area contributed by atoms with E-state index in [0.29, 0.717) is 13.0 Å². The van der Waals surface area contributed by atoms with Crippen molar-refractivity contribution in [2.75, 3.05) is 25.1 Å². The van der Waals surface area contributed by atoms with E-state index in [0.717, 1.165) is 6.26 Å². The van der Waals surface area contributed by atoms with Crippen molar-refractivity contribution >= 4 is 15.8 Å². The molecule has 5 nitrogen and oxygen atoms in total. The number of nitrogens with one attached hydrogen (secondary N) is 1. The molecule has 0 saturated heterocycles. The van der Waals surface area contributed by atoms with Crippen LogP contribution in [0.15, 0.2) is 0 Å². The van der Waals surface area contributed by atoms with Gasteiger partial charge < -0.3 is 10.4 Å². The first kappa shape index (κ1) is 11.4. The summed E-state index contributed by atoms with van der Waals surface area (Å²) >= 11 is 0. The number of hydrogen-bond donors (Lipinski definition) is 2. The lowest BCUT2D eigenvalue weighted by Gasteiger charge is -1.99. The smallest absolute Gasteiger partial charge is 0.317 e. The van der Waals surface area contributed by atoms with E-state index in [-0.39, 0.29) is 12.3 Å². The number of carboxylic acid groups (broad SMARTS) is 1. The van der Waals surface area contributed by atoms with Gasteiger partial charge in [-0.3, -0.25) is 4.79 Å². The summed E-state index contributed by atoms with van der Waals surface area (Å²) in [6, 6.07) is 0. The van der Waals surface area contributed by atoms with Gasteiger partial charge in [0.15, 0.2) is 0 Å². The van der Waals surface area contributed by atoms with Crippen LogP contribution in [0, 0.1) is 0 Å². The van der Waals surface area contributed by atoms with Crippen LogP contribution < -0.4 is 5.32 Å². The van der Waals surface area contributed by atoms with E-state index < -0.39 is 15.8 Å². The highest BCUT2D eigenvalue weighted by Gasteiger charge is 2.01. The SMILES string of the molecule is CS(=O)(=O)CCCNCC(=O)O. The molecule has 0 radical (unpaired) electrons. The lowest BCUT2D eigenvalue weighted by Crippen LogP contribution is -2.24. The van der Waals surface area contributed by atoms with Gasteiger partial charge in [0.05, 0.1) is 12.3 Å². The minimum Gasteiger partial charge on any atom is -0.480 e. The van der Waals surface area contributed by atoms with Gasteiger partial charge in [0.25, 0.3) is 0 Å². The molecule has 0 aromatic carbocycles. The Morgan fingerprint density at radius 3 is 2.50 bits per heavy atom. The first-order valence-corrected chi connectivity index (χ1v) is 5.58. The van der Waals surface area contributed by atoms with Gasteiger partial charge in [0, 0.05) is 6.26 Å². The fraction of sp³-hybridized carbons (Fsp3) is 0.833. The summed E-state index contributed by atoms with van der Waals surface area (Å²) in [5.41, 5.74) is 0. The van der Waals surface area contributed by atoms with Gasteiger partial charge >= 0.3 is 5.97 Å². The molecule has 2 N–H and O–H groups in total. The maximum Gasteiger partial charge on any atom is 0.317 e. The maximum atomic E-state index is 10.6. The first-order valence-electron chi connectivity index (χ1n) is 3.52. The van der Waals surface area contributed by atoms with Crippen LogP contribution in [0.5, 0.6) is 0 Å². The standard InChI is InChI=1S/C6H13NO4S/c1-12(10,11)4-2-3-7-5-6(8)9/h7H,2-5H2,1H3,(H,8,9). The summed E-state index contributed by atoms with van der Waals surface area (Å²) in [7, 11) is -2.91. The van der Waals surface area contributed by atoms with E-state index in [1.807, 2.05) is 0 Å². The molecule has 0 heterocycles. The average Bonchev–Trinajstić information content (AvgIpc) is 1.83. The topological polar surface area (TPSA) is 83.5 Å². The van der Waals surface area contributed by atoms with Crippen LogP contribution >= 0.6 is 0 Å². The van der Waals surface area contributed by atoms with E-state index >= 15 is 0 Å². The van der Waals surface area contributed by atoms with Crippen molar-refractivity contribution in [2.45, 2.75) is 6.42 Å². The van der Waals surface area contributed by atoms with Crippen molar-refractivity contribution in [3.8, 4) is 0 Å². The molecular weight excluding hydrogens is 182 g/mol. The molecule has 0 saturated carbocycles. The molecule has 0 unspecified atom stereocenters. The molecule has 0 amide bonds. The van der Waals surface area contributed by atoms with Crippen molar-refractivity contribution in [1.82, 2.24) is 5.32 Å². The Morgan fingerprint density at radius 1 is 1.50 bits per heavy atom. The fourth-order valence-electron chi connectivity index (χ4n) is 0.655. The molecule has 0 rings (SSSR count). The summed E-state index contributed by atoms with van der Waals surface area (Å²) in [5.74, 6) is -0.839. The number of aliphatic carboxylic acids is 1. The van der Waals surface area contributed by atoms with Crippen LogP contribution in [0.25, 0.3) is 0 Å². The highest BCUT2D eigenvalue weighted by molar-refractivity contribution is 7.90. The second-order valence-corrected chi connectivity index (χ2v) is 4.81. The number of rotatable bonds is 6. The molecule has 0 bridgehead atoms. The number of sulfone groups is 1. The molecule has 0 aliphatic rings. The largest absolute Gasteiger partial charge is 0.480 e. The second-order valence-electron chi connectivity index (χ2n) is 2.55. The molecule has 0 aromatic rings. The van der Waals surface area contributed by atoms with Gasteiger partial charge in [-0.2, -0.15) is 0 Å². The zero-order valence-electron chi connectivity index (χ0n) is 6.91. The predicted octanol–water partition coefficient (Wildman–Crippen LogP) is -0.905. The minimum absolute atomic E-state index is 0.0968. The Morgan fingerprint density at radius 2 is 2.08 bits per heavy atom. The second kappa shape index (κ2) is 5.10. The third-order valence-corrected chi connectivity index (χ3v) is 2.18. The van der Waals surface area contributed by atoms with Gasteiger partial charge in [-0.15, -0.1) is 0 Å². The van der Waals surface area contributed by atoms with Gasteiger partial charge in [-0.25, -0.2) is 8.42 Å². The van der Waals surface area contributed by atoms with Crippen molar-refractivity contribution < 1.29 is 18.3 Å².